The number of hydrogen-bond acceptors (Lipinski definition) is 4. The third-order valence-corrected chi connectivity index (χ3v) is 7.38. The van der Waals surface area contributed by atoms with Gasteiger partial charge in [-0.15, -0.1) is 0 Å². The van der Waals surface area contributed by atoms with Gasteiger partial charge in [0.25, 0.3) is 0 Å². The number of benzene rings is 3. The first-order valence-corrected chi connectivity index (χ1v) is 12.8. The van der Waals surface area contributed by atoms with E-state index >= 15 is 0 Å². The molecule has 0 unspecified atom stereocenters. The zero-order chi connectivity index (χ0) is 25.4. The number of ether oxygens (including phenoxy) is 1. The van der Waals surface area contributed by atoms with Crippen LogP contribution in [0.5, 0.6) is 0 Å². The van der Waals surface area contributed by atoms with Crippen LogP contribution < -0.4 is 5.73 Å². The molecule has 37 heavy (non-hydrogen) atoms. The minimum absolute atomic E-state index is 0.148. The van der Waals surface area contributed by atoms with E-state index in [1.54, 1.807) is 6.20 Å². The molecule has 6 rings (SSSR count). The number of fused-ring (bicyclic) bond motifs is 3. The number of pyridine rings is 1. The maximum atomic E-state index is 12.0. The summed E-state index contributed by atoms with van der Waals surface area (Å²) in [4.78, 5) is 22.1. The molecular weight excluding hydrogens is 484 g/mol. The molecule has 1 aliphatic heterocycles. The summed E-state index contributed by atoms with van der Waals surface area (Å²) >= 11 is 6.75. The normalized spacial score (nSPS) is 14.4. The Hall–Kier alpha value is -3.71. The van der Waals surface area contributed by atoms with Crippen LogP contribution in [0.2, 0.25) is 5.02 Å². The Bertz CT molecular complexity index is 1610. The van der Waals surface area contributed by atoms with Crippen LogP contribution in [0.15, 0.2) is 73.1 Å². The molecule has 3 N–H and O–H groups in total. The molecule has 0 atom stereocenters. The monoisotopic (exact) mass is 510 g/mol. The molecule has 1 aliphatic rings. The third kappa shape index (κ3) is 4.83. The predicted octanol–water partition coefficient (Wildman–Crippen LogP) is 5.56. The molecule has 0 aliphatic carbocycles. The highest BCUT2D eigenvalue weighted by atomic mass is 35.5. The van der Waals surface area contributed by atoms with E-state index in [0.29, 0.717) is 0 Å². The summed E-state index contributed by atoms with van der Waals surface area (Å²) in [7, 11) is 0. The van der Waals surface area contributed by atoms with Crippen LogP contribution >= 0.6 is 11.6 Å². The number of morpholine rings is 1. The Morgan fingerprint density at radius 1 is 0.946 bits per heavy atom. The van der Waals surface area contributed by atoms with Crippen LogP contribution in [-0.4, -0.2) is 47.1 Å². The summed E-state index contributed by atoms with van der Waals surface area (Å²) in [6, 6.07) is 20.7. The average molecular weight is 511 g/mol. The van der Waals surface area contributed by atoms with E-state index in [2.05, 4.69) is 51.3 Å². The average Bonchev–Trinajstić information content (AvgIpc) is 3.29. The molecule has 186 valence electrons. The fourth-order valence-electron chi connectivity index (χ4n) is 5.14. The topological polar surface area (TPSA) is 84.2 Å². The van der Waals surface area contributed by atoms with Gasteiger partial charge >= 0.3 is 0 Å². The lowest BCUT2D eigenvalue weighted by molar-refractivity contribution is -0.117. The first-order valence-electron chi connectivity index (χ1n) is 12.4. The zero-order valence-electron chi connectivity index (χ0n) is 20.3. The first-order chi connectivity index (χ1) is 18.0. The van der Waals surface area contributed by atoms with E-state index in [9.17, 15) is 4.79 Å². The molecule has 1 amide bonds. The highest BCUT2D eigenvalue weighted by Gasteiger charge is 2.16. The summed E-state index contributed by atoms with van der Waals surface area (Å²) in [6.45, 7) is 4.14. The van der Waals surface area contributed by atoms with Crippen LogP contribution in [0.4, 0.5) is 0 Å². The second kappa shape index (κ2) is 9.98. The van der Waals surface area contributed by atoms with Gasteiger partial charge in [0, 0.05) is 58.9 Å². The van der Waals surface area contributed by atoms with Crippen molar-refractivity contribution in [2.24, 2.45) is 5.73 Å². The van der Waals surface area contributed by atoms with Crippen molar-refractivity contribution >= 4 is 39.3 Å². The molecule has 0 spiro atoms. The highest BCUT2D eigenvalue weighted by molar-refractivity contribution is 6.31. The van der Waals surface area contributed by atoms with Crippen LogP contribution in [0.3, 0.4) is 0 Å². The minimum Gasteiger partial charge on any atom is -0.379 e. The smallest absolute Gasteiger partial charge is 0.221 e. The number of aromatic nitrogens is 2. The molecule has 3 aromatic carbocycles. The summed E-state index contributed by atoms with van der Waals surface area (Å²) in [5.74, 6) is -0.368. The SMILES string of the molecule is NC(=O)Cc1cc(-c2ccc(CN3CCOCC3)c(Cl)c2)cc2c1[nH]c1cc(-c3cccnc3)ccc12. The number of nitrogens with zero attached hydrogens (tertiary/aromatic N) is 2. The number of halogens is 1. The van der Waals surface area contributed by atoms with Crippen molar-refractivity contribution in [3.8, 4) is 22.3 Å². The molecule has 5 aromatic rings. The molecule has 6 nitrogen and oxygen atoms in total. The number of rotatable bonds is 6. The number of primary amides is 1. The van der Waals surface area contributed by atoms with E-state index < -0.39 is 0 Å². The number of amides is 1. The van der Waals surface area contributed by atoms with Crippen LogP contribution in [-0.2, 0) is 22.5 Å². The second-order valence-electron chi connectivity index (χ2n) is 9.52. The first kappa shape index (κ1) is 23.7. The van der Waals surface area contributed by atoms with Gasteiger partial charge < -0.3 is 15.5 Å². The molecule has 3 heterocycles. The van der Waals surface area contributed by atoms with Gasteiger partial charge in [0.2, 0.25) is 5.91 Å². The lowest BCUT2D eigenvalue weighted by Crippen LogP contribution is -2.35. The summed E-state index contributed by atoms with van der Waals surface area (Å²) in [5.41, 5.74) is 13.7. The van der Waals surface area contributed by atoms with Crippen molar-refractivity contribution < 1.29 is 9.53 Å². The quantitative estimate of drug-likeness (QED) is 0.313. The zero-order valence-corrected chi connectivity index (χ0v) is 21.1. The molecule has 0 saturated carbocycles. The molecule has 0 radical (unpaired) electrons. The number of hydrogen-bond donors (Lipinski definition) is 2. The Morgan fingerprint density at radius 3 is 2.51 bits per heavy atom. The Labute approximate surface area is 220 Å². The number of carbonyl (C=O) groups excluding carboxylic acids is 1. The van der Waals surface area contributed by atoms with Crippen molar-refractivity contribution in [3.63, 3.8) is 0 Å². The highest BCUT2D eigenvalue weighted by Crippen LogP contribution is 2.36. The number of nitrogens with one attached hydrogen (secondary N) is 1. The van der Waals surface area contributed by atoms with E-state index in [0.717, 1.165) is 93.1 Å². The molecule has 1 saturated heterocycles. The number of H-pyrrole nitrogens is 1. The fraction of sp³-hybridized carbons (Fsp3) is 0.200. The van der Waals surface area contributed by atoms with Gasteiger partial charge in [0.15, 0.2) is 0 Å². The van der Waals surface area contributed by atoms with E-state index in [1.165, 1.54) is 0 Å². The molecule has 1 fully saturated rings. The van der Waals surface area contributed by atoms with Gasteiger partial charge in [-0.1, -0.05) is 41.9 Å². The minimum atomic E-state index is -0.368. The number of aromatic amines is 1. The summed E-state index contributed by atoms with van der Waals surface area (Å²) < 4.78 is 5.46. The Kier molecular flexibility index (Phi) is 6.38. The van der Waals surface area contributed by atoms with Crippen LogP contribution in [0.1, 0.15) is 11.1 Å². The maximum Gasteiger partial charge on any atom is 0.221 e. The van der Waals surface area contributed by atoms with Gasteiger partial charge in [0.05, 0.1) is 25.2 Å². The molecule has 0 bridgehead atoms. The van der Waals surface area contributed by atoms with Crippen molar-refractivity contribution in [2.45, 2.75) is 13.0 Å². The van der Waals surface area contributed by atoms with Gasteiger partial charge in [-0.2, -0.15) is 0 Å². The van der Waals surface area contributed by atoms with E-state index in [1.807, 2.05) is 30.5 Å². The number of carbonyl (C=O) groups is 1. The fourth-order valence-corrected chi connectivity index (χ4v) is 5.38. The molecule has 7 heteroatoms. The van der Waals surface area contributed by atoms with Crippen LogP contribution in [0, 0.1) is 0 Å². The van der Waals surface area contributed by atoms with E-state index in [-0.39, 0.29) is 12.3 Å². The number of nitrogens with two attached hydrogens (primary N) is 1. The predicted molar refractivity (Wildman–Crippen MR) is 148 cm³/mol. The molecular formula is C30H27ClN4O2. The van der Waals surface area contributed by atoms with Crippen molar-refractivity contribution in [3.05, 3.63) is 89.2 Å². The third-order valence-electron chi connectivity index (χ3n) is 7.03. The Morgan fingerprint density at radius 2 is 1.76 bits per heavy atom. The lowest BCUT2D eigenvalue weighted by Gasteiger charge is -2.27. The van der Waals surface area contributed by atoms with Crippen molar-refractivity contribution in [1.29, 1.82) is 0 Å². The van der Waals surface area contributed by atoms with Gasteiger partial charge in [-0.25, -0.2) is 0 Å². The molecule has 2 aromatic heterocycles. The lowest BCUT2D eigenvalue weighted by atomic mass is 9.96. The standard InChI is InChI=1S/C30H27ClN4O2/c31-27-14-19(3-4-22(27)18-35-8-10-37-11-9-35)23-12-24(16-29(32)36)30-26(13-23)25-6-5-20(15-28(25)34-30)21-2-1-7-33-17-21/h1-7,12-15,17,34H,8-11,16,18H2,(H2,32,36). The Balaban J connectivity index is 1.42. The van der Waals surface area contributed by atoms with Crippen molar-refractivity contribution in [1.82, 2.24) is 14.9 Å². The maximum absolute atomic E-state index is 12.0. The summed E-state index contributed by atoms with van der Waals surface area (Å²) in [6.07, 6.45) is 3.77. The second-order valence-corrected chi connectivity index (χ2v) is 9.93. The summed E-state index contributed by atoms with van der Waals surface area (Å²) in [5, 5.41) is 2.88. The van der Waals surface area contributed by atoms with Crippen LogP contribution in [0.25, 0.3) is 44.1 Å². The van der Waals surface area contributed by atoms with Gasteiger partial charge in [-0.3, -0.25) is 14.7 Å². The van der Waals surface area contributed by atoms with Crippen molar-refractivity contribution in [2.75, 3.05) is 26.3 Å². The van der Waals surface area contributed by atoms with Gasteiger partial charge in [0.1, 0.15) is 0 Å². The largest absolute Gasteiger partial charge is 0.379 e. The van der Waals surface area contributed by atoms with Gasteiger partial charge in [-0.05, 0) is 58.1 Å². The van der Waals surface area contributed by atoms with E-state index in [4.69, 9.17) is 22.1 Å².